The highest BCUT2D eigenvalue weighted by molar-refractivity contribution is 7.98. The van der Waals surface area contributed by atoms with Gasteiger partial charge in [0.2, 0.25) is 11.8 Å². The Morgan fingerprint density at radius 1 is 0.975 bits per heavy atom. The van der Waals surface area contributed by atoms with E-state index >= 15 is 0 Å². The molecule has 40 heavy (non-hydrogen) atoms. The van der Waals surface area contributed by atoms with Gasteiger partial charge in [0.25, 0.3) is 10.0 Å². The SMILES string of the molecule is CCCNC(=O)[C@@H](C)N(Cc1ccc(OC)cc1)C(=O)CN(c1ccc(C)cc1)S(=O)(=O)c1ccc(SC)cc1. The number of thioether (sulfide) groups is 1. The van der Waals surface area contributed by atoms with Gasteiger partial charge in [-0.2, -0.15) is 0 Å². The van der Waals surface area contributed by atoms with Crippen LogP contribution >= 0.6 is 11.8 Å². The van der Waals surface area contributed by atoms with Gasteiger partial charge in [0.1, 0.15) is 18.3 Å². The first kappa shape index (κ1) is 31.0. The summed E-state index contributed by atoms with van der Waals surface area (Å²) in [6.07, 6.45) is 2.66. The third-order valence-electron chi connectivity index (χ3n) is 6.48. The second-order valence-corrected chi connectivity index (χ2v) is 12.1. The molecule has 0 aliphatic rings. The maximum atomic E-state index is 13.9. The molecule has 8 nitrogen and oxygen atoms in total. The topological polar surface area (TPSA) is 96.0 Å². The third kappa shape index (κ3) is 7.79. The summed E-state index contributed by atoms with van der Waals surface area (Å²) in [5.41, 5.74) is 2.10. The number of hydrogen-bond acceptors (Lipinski definition) is 6. The monoisotopic (exact) mass is 583 g/mol. The van der Waals surface area contributed by atoms with Crippen LogP contribution in [0.3, 0.4) is 0 Å². The number of carbonyl (C=O) groups excluding carboxylic acids is 2. The number of anilines is 1. The van der Waals surface area contributed by atoms with Crippen LogP contribution in [0.15, 0.2) is 82.6 Å². The number of aryl methyl sites for hydroxylation is 1. The Morgan fingerprint density at radius 2 is 1.60 bits per heavy atom. The molecule has 2 amide bonds. The van der Waals surface area contributed by atoms with Gasteiger partial charge in [-0.3, -0.25) is 13.9 Å². The van der Waals surface area contributed by atoms with Gasteiger partial charge >= 0.3 is 0 Å². The number of nitrogens with one attached hydrogen (secondary N) is 1. The highest BCUT2D eigenvalue weighted by Crippen LogP contribution is 2.26. The Balaban J connectivity index is 2.00. The van der Waals surface area contributed by atoms with Gasteiger partial charge in [0.15, 0.2) is 0 Å². The van der Waals surface area contributed by atoms with Gasteiger partial charge in [-0.05, 0) is 80.6 Å². The van der Waals surface area contributed by atoms with Crippen molar-refractivity contribution in [3.63, 3.8) is 0 Å². The standard InChI is InChI=1S/C30H37N3O5S2/c1-6-19-31-30(35)23(3)32(20-24-9-13-26(38-4)14-10-24)29(34)21-33(25-11-7-22(2)8-12-25)40(36,37)28-17-15-27(39-5)16-18-28/h7-18,23H,6,19-21H2,1-5H3,(H,31,35)/t23-/m1/s1. The number of hydrogen-bond donors (Lipinski definition) is 1. The Morgan fingerprint density at radius 3 is 2.15 bits per heavy atom. The van der Waals surface area contributed by atoms with E-state index in [1.165, 1.54) is 16.7 Å². The average Bonchev–Trinajstić information content (AvgIpc) is 2.97. The molecule has 0 bridgehead atoms. The molecule has 214 valence electrons. The van der Waals surface area contributed by atoms with Gasteiger partial charge in [0, 0.05) is 18.0 Å². The zero-order chi connectivity index (χ0) is 29.3. The smallest absolute Gasteiger partial charge is 0.264 e. The van der Waals surface area contributed by atoms with Gasteiger partial charge in [-0.25, -0.2) is 8.42 Å². The second-order valence-electron chi connectivity index (χ2n) is 9.36. The summed E-state index contributed by atoms with van der Waals surface area (Å²) in [5.74, 6) is -0.138. The summed E-state index contributed by atoms with van der Waals surface area (Å²) >= 11 is 1.51. The van der Waals surface area contributed by atoms with Crippen molar-refractivity contribution >= 4 is 39.3 Å². The predicted molar refractivity (Wildman–Crippen MR) is 160 cm³/mol. The molecule has 1 atom stereocenters. The molecule has 3 aromatic rings. The maximum Gasteiger partial charge on any atom is 0.264 e. The van der Waals surface area contributed by atoms with E-state index in [-0.39, 0.29) is 17.3 Å². The minimum Gasteiger partial charge on any atom is -0.497 e. The Bertz CT molecular complexity index is 1380. The highest BCUT2D eigenvalue weighted by atomic mass is 32.2. The van der Waals surface area contributed by atoms with Crippen LogP contribution in [0.25, 0.3) is 0 Å². The van der Waals surface area contributed by atoms with Crippen LogP contribution in [0.4, 0.5) is 5.69 Å². The molecule has 3 aromatic carbocycles. The largest absolute Gasteiger partial charge is 0.497 e. The second kappa shape index (κ2) is 14.2. The van der Waals surface area contributed by atoms with Gasteiger partial charge in [-0.15, -0.1) is 11.8 Å². The van der Waals surface area contributed by atoms with Crippen molar-refractivity contribution in [3.05, 3.63) is 83.9 Å². The van der Waals surface area contributed by atoms with E-state index < -0.39 is 28.5 Å². The van der Waals surface area contributed by atoms with Crippen molar-refractivity contribution in [2.45, 2.75) is 49.6 Å². The van der Waals surface area contributed by atoms with Crippen molar-refractivity contribution in [3.8, 4) is 5.75 Å². The van der Waals surface area contributed by atoms with E-state index in [0.29, 0.717) is 18.0 Å². The molecule has 0 saturated heterocycles. The summed E-state index contributed by atoms with van der Waals surface area (Å²) in [7, 11) is -2.53. The molecule has 0 radical (unpaired) electrons. The fourth-order valence-corrected chi connectivity index (χ4v) is 5.84. The normalized spacial score (nSPS) is 11.9. The molecule has 0 aliphatic heterocycles. The van der Waals surface area contributed by atoms with Gasteiger partial charge in [0.05, 0.1) is 17.7 Å². The lowest BCUT2D eigenvalue weighted by molar-refractivity contribution is -0.139. The number of methoxy groups -OCH3 is 1. The zero-order valence-electron chi connectivity index (χ0n) is 23.6. The van der Waals surface area contributed by atoms with Crippen molar-refractivity contribution in [1.29, 1.82) is 0 Å². The minimum absolute atomic E-state index is 0.0779. The van der Waals surface area contributed by atoms with E-state index in [4.69, 9.17) is 4.74 Å². The summed E-state index contributed by atoms with van der Waals surface area (Å²) < 4.78 is 34.2. The summed E-state index contributed by atoms with van der Waals surface area (Å²) in [6, 6.07) is 19.9. The number of benzene rings is 3. The fourth-order valence-electron chi connectivity index (χ4n) is 4.02. The van der Waals surface area contributed by atoms with Crippen molar-refractivity contribution in [2.75, 3.05) is 30.8 Å². The molecule has 0 unspecified atom stereocenters. The molecule has 3 rings (SSSR count). The van der Waals surface area contributed by atoms with E-state index in [0.717, 1.165) is 26.7 Å². The van der Waals surface area contributed by atoms with Crippen LogP contribution in [0, 0.1) is 6.92 Å². The molecular weight excluding hydrogens is 546 g/mol. The number of nitrogens with zero attached hydrogens (tertiary/aromatic N) is 2. The van der Waals surface area contributed by atoms with Crippen molar-refractivity contribution < 1.29 is 22.7 Å². The first-order chi connectivity index (χ1) is 19.1. The molecule has 0 saturated carbocycles. The molecule has 0 fully saturated rings. The van der Waals surface area contributed by atoms with Crippen molar-refractivity contribution in [2.24, 2.45) is 0 Å². The van der Waals surface area contributed by atoms with E-state index in [2.05, 4.69) is 5.32 Å². The molecule has 1 N–H and O–H groups in total. The Labute approximate surface area is 241 Å². The van der Waals surface area contributed by atoms with E-state index in [9.17, 15) is 18.0 Å². The lowest BCUT2D eigenvalue weighted by Crippen LogP contribution is -2.51. The Kier molecular flexibility index (Phi) is 11.0. The number of sulfonamides is 1. The lowest BCUT2D eigenvalue weighted by Gasteiger charge is -2.32. The van der Waals surface area contributed by atoms with Crippen molar-refractivity contribution in [1.82, 2.24) is 10.2 Å². The summed E-state index contributed by atoms with van der Waals surface area (Å²) in [6.45, 7) is 5.62. The zero-order valence-corrected chi connectivity index (χ0v) is 25.2. The Hall–Kier alpha value is -3.50. The molecule has 0 aliphatic carbocycles. The molecule has 10 heteroatoms. The van der Waals surface area contributed by atoms with Crippen LogP contribution in [0.2, 0.25) is 0 Å². The first-order valence-corrected chi connectivity index (χ1v) is 15.7. The van der Waals surface area contributed by atoms with Gasteiger partial charge in [-0.1, -0.05) is 36.8 Å². The van der Waals surface area contributed by atoms with Crippen LogP contribution in [0.5, 0.6) is 5.75 Å². The van der Waals surface area contributed by atoms with E-state index in [1.807, 2.05) is 32.2 Å². The van der Waals surface area contributed by atoms with Crippen LogP contribution in [-0.2, 0) is 26.2 Å². The predicted octanol–water partition coefficient (Wildman–Crippen LogP) is 4.86. The fraction of sp³-hybridized carbons (Fsp3) is 0.333. The number of rotatable bonds is 13. The summed E-state index contributed by atoms with van der Waals surface area (Å²) in [4.78, 5) is 29.3. The van der Waals surface area contributed by atoms with E-state index in [1.54, 1.807) is 74.7 Å². The van der Waals surface area contributed by atoms with Crippen LogP contribution in [0.1, 0.15) is 31.4 Å². The lowest BCUT2D eigenvalue weighted by atomic mass is 10.1. The number of carbonyl (C=O) groups is 2. The highest BCUT2D eigenvalue weighted by Gasteiger charge is 2.32. The molecule has 0 aromatic heterocycles. The molecule has 0 spiro atoms. The third-order valence-corrected chi connectivity index (χ3v) is 9.01. The quantitative estimate of drug-likeness (QED) is 0.289. The first-order valence-electron chi connectivity index (χ1n) is 13.0. The van der Waals surface area contributed by atoms with Crippen LogP contribution in [-0.4, -0.2) is 57.6 Å². The maximum absolute atomic E-state index is 13.9. The molecule has 0 heterocycles. The van der Waals surface area contributed by atoms with Gasteiger partial charge < -0.3 is 15.0 Å². The summed E-state index contributed by atoms with van der Waals surface area (Å²) in [5, 5.41) is 2.84. The minimum atomic E-state index is -4.10. The van der Waals surface area contributed by atoms with Crippen LogP contribution < -0.4 is 14.4 Å². The molecular formula is C30H37N3O5S2. The number of ether oxygens (including phenoxy) is 1. The average molecular weight is 584 g/mol. The number of amides is 2.